The Bertz CT molecular complexity index is 1490. The summed E-state index contributed by atoms with van der Waals surface area (Å²) >= 11 is 0. The number of esters is 1. The van der Waals surface area contributed by atoms with Gasteiger partial charge >= 0.3 is 5.97 Å². The second kappa shape index (κ2) is 12.3. The van der Waals surface area contributed by atoms with Gasteiger partial charge in [-0.1, -0.05) is 54.6 Å². The summed E-state index contributed by atoms with van der Waals surface area (Å²) in [5, 5.41) is 3.42. The molecule has 0 saturated carbocycles. The number of benzene rings is 3. The summed E-state index contributed by atoms with van der Waals surface area (Å²) in [5.41, 5.74) is 5.28. The summed E-state index contributed by atoms with van der Waals surface area (Å²) < 4.78 is 22.5. The van der Waals surface area contributed by atoms with Crippen LogP contribution in [0.1, 0.15) is 48.3 Å². The van der Waals surface area contributed by atoms with Crippen LogP contribution in [0.2, 0.25) is 0 Å². The number of hydrogen-bond donors (Lipinski definition) is 1. The van der Waals surface area contributed by atoms with Crippen molar-refractivity contribution in [2.24, 2.45) is 0 Å². The molecule has 0 spiro atoms. The van der Waals surface area contributed by atoms with Crippen LogP contribution >= 0.6 is 0 Å². The predicted molar refractivity (Wildman–Crippen MR) is 156 cm³/mol. The van der Waals surface area contributed by atoms with Gasteiger partial charge in [0.15, 0.2) is 17.3 Å². The molecule has 0 saturated heterocycles. The second-order valence-corrected chi connectivity index (χ2v) is 10.2. The van der Waals surface area contributed by atoms with Crippen LogP contribution in [0.3, 0.4) is 0 Å². The van der Waals surface area contributed by atoms with E-state index in [1.807, 2.05) is 73.7 Å². The molecule has 0 radical (unpaired) electrons. The number of allylic oxidation sites excluding steroid dienone is 3. The Labute approximate surface area is 240 Å². The standard InChI is InChI=1S/C34H35NO6/c1-21-30(34(37)41-18-17-22-9-6-5-7-10-22)31(26-11-8-12-29(39-3)33(26)40-4)32-27(35-21)19-24(20-28(32)36)23-13-15-25(38-2)16-14-23/h5-16,24,31,35H,17-20H2,1-4H3/t24-,31-/m1/s1. The lowest BCUT2D eigenvalue weighted by Gasteiger charge is -2.37. The summed E-state index contributed by atoms with van der Waals surface area (Å²) in [4.78, 5) is 27.7. The van der Waals surface area contributed by atoms with Crippen LogP contribution in [0.15, 0.2) is 95.3 Å². The highest BCUT2D eigenvalue weighted by molar-refractivity contribution is 6.04. The molecule has 0 unspecified atom stereocenters. The van der Waals surface area contributed by atoms with Crippen molar-refractivity contribution in [3.63, 3.8) is 0 Å². The summed E-state index contributed by atoms with van der Waals surface area (Å²) in [6.45, 7) is 2.08. The van der Waals surface area contributed by atoms with Gasteiger partial charge in [-0.25, -0.2) is 4.79 Å². The lowest BCUT2D eigenvalue weighted by Crippen LogP contribution is -2.36. The molecular weight excluding hydrogens is 518 g/mol. The summed E-state index contributed by atoms with van der Waals surface area (Å²) in [6, 6.07) is 23.2. The number of carbonyl (C=O) groups is 2. The zero-order valence-corrected chi connectivity index (χ0v) is 23.9. The number of nitrogens with one attached hydrogen (secondary N) is 1. The Hall–Kier alpha value is -4.52. The molecule has 1 aliphatic heterocycles. The molecule has 0 bridgehead atoms. The Balaban J connectivity index is 1.52. The second-order valence-electron chi connectivity index (χ2n) is 10.2. The molecular formula is C34H35NO6. The van der Waals surface area contributed by atoms with Gasteiger partial charge in [-0.05, 0) is 48.6 Å². The number of carbonyl (C=O) groups excluding carboxylic acids is 2. The topological polar surface area (TPSA) is 83.1 Å². The van der Waals surface area contributed by atoms with Crippen molar-refractivity contribution in [3.05, 3.63) is 112 Å². The zero-order chi connectivity index (χ0) is 28.9. The van der Waals surface area contributed by atoms with E-state index in [0.29, 0.717) is 53.2 Å². The number of ketones is 1. The van der Waals surface area contributed by atoms with Crippen molar-refractivity contribution in [2.75, 3.05) is 27.9 Å². The third-order valence-electron chi connectivity index (χ3n) is 7.85. The molecule has 0 aromatic heterocycles. The highest BCUT2D eigenvalue weighted by Gasteiger charge is 2.42. The lowest BCUT2D eigenvalue weighted by atomic mass is 9.71. The number of rotatable bonds is 9. The van der Waals surface area contributed by atoms with Crippen molar-refractivity contribution < 1.29 is 28.5 Å². The molecule has 5 rings (SSSR count). The van der Waals surface area contributed by atoms with Gasteiger partial charge in [0.1, 0.15) is 5.75 Å². The number of ether oxygens (including phenoxy) is 4. The van der Waals surface area contributed by atoms with Crippen LogP contribution in [0, 0.1) is 0 Å². The predicted octanol–water partition coefficient (Wildman–Crippen LogP) is 5.86. The van der Waals surface area contributed by atoms with Gasteiger partial charge in [-0.15, -0.1) is 0 Å². The van der Waals surface area contributed by atoms with E-state index in [-0.39, 0.29) is 18.3 Å². The normalized spacial score (nSPS) is 18.4. The average Bonchev–Trinajstić information content (AvgIpc) is 3.00. The monoisotopic (exact) mass is 553 g/mol. The van der Waals surface area contributed by atoms with Gasteiger partial charge in [0.05, 0.1) is 39.4 Å². The molecule has 1 heterocycles. The smallest absolute Gasteiger partial charge is 0.336 e. The minimum absolute atomic E-state index is 0.000292. The number of para-hydroxylation sites is 1. The summed E-state index contributed by atoms with van der Waals surface area (Å²) in [7, 11) is 4.77. The number of dihydropyridines is 1. The molecule has 41 heavy (non-hydrogen) atoms. The fraction of sp³-hybridized carbons (Fsp3) is 0.294. The molecule has 1 aliphatic carbocycles. The molecule has 7 nitrogen and oxygen atoms in total. The van der Waals surface area contributed by atoms with Crippen LogP contribution in [0.25, 0.3) is 0 Å². The molecule has 212 valence electrons. The zero-order valence-electron chi connectivity index (χ0n) is 23.9. The van der Waals surface area contributed by atoms with E-state index in [0.717, 1.165) is 22.6 Å². The van der Waals surface area contributed by atoms with Crippen LogP contribution in [0.4, 0.5) is 0 Å². The lowest BCUT2D eigenvalue weighted by molar-refractivity contribution is -0.139. The Morgan fingerprint density at radius 1 is 0.878 bits per heavy atom. The Morgan fingerprint density at radius 2 is 1.63 bits per heavy atom. The fourth-order valence-electron chi connectivity index (χ4n) is 5.86. The quantitative estimate of drug-likeness (QED) is 0.332. The van der Waals surface area contributed by atoms with Crippen molar-refractivity contribution in [2.45, 2.75) is 38.0 Å². The summed E-state index contributed by atoms with van der Waals surface area (Å²) in [5.74, 6) is 0.644. The number of hydrogen-bond acceptors (Lipinski definition) is 7. The summed E-state index contributed by atoms with van der Waals surface area (Å²) in [6.07, 6.45) is 1.55. The third-order valence-corrected chi connectivity index (χ3v) is 7.85. The van der Waals surface area contributed by atoms with E-state index in [1.54, 1.807) is 27.4 Å². The van der Waals surface area contributed by atoms with E-state index >= 15 is 0 Å². The van der Waals surface area contributed by atoms with E-state index < -0.39 is 11.9 Å². The first-order valence-corrected chi connectivity index (χ1v) is 13.7. The van der Waals surface area contributed by atoms with Crippen molar-refractivity contribution in [3.8, 4) is 17.2 Å². The maximum atomic E-state index is 14.0. The highest BCUT2D eigenvalue weighted by Crippen LogP contribution is 2.49. The SMILES string of the molecule is COc1ccc([C@H]2CC(=O)C3=C(C2)NC(C)=C(C(=O)OCCc2ccccc2)[C@H]3c2cccc(OC)c2OC)cc1. The van der Waals surface area contributed by atoms with Crippen molar-refractivity contribution >= 4 is 11.8 Å². The van der Waals surface area contributed by atoms with E-state index in [1.165, 1.54) is 0 Å². The first-order valence-electron chi connectivity index (χ1n) is 13.7. The third kappa shape index (κ3) is 5.71. The van der Waals surface area contributed by atoms with Gasteiger partial charge in [-0.2, -0.15) is 0 Å². The fourth-order valence-corrected chi connectivity index (χ4v) is 5.86. The molecule has 2 aliphatic rings. The first-order chi connectivity index (χ1) is 19.9. The van der Waals surface area contributed by atoms with E-state index in [4.69, 9.17) is 18.9 Å². The van der Waals surface area contributed by atoms with Gasteiger partial charge in [0, 0.05) is 35.4 Å². The maximum Gasteiger partial charge on any atom is 0.336 e. The Kier molecular flexibility index (Phi) is 8.43. The van der Waals surface area contributed by atoms with Crippen LogP contribution in [0.5, 0.6) is 17.2 Å². The van der Waals surface area contributed by atoms with Gasteiger partial charge < -0.3 is 24.3 Å². The number of methoxy groups -OCH3 is 3. The van der Waals surface area contributed by atoms with Crippen LogP contribution in [-0.2, 0) is 20.7 Å². The van der Waals surface area contributed by atoms with Gasteiger partial charge in [-0.3, -0.25) is 4.79 Å². The molecule has 0 amide bonds. The highest BCUT2D eigenvalue weighted by atomic mass is 16.5. The largest absolute Gasteiger partial charge is 0.497 e. The minimum atomic E-state index is -0.662. The van der Waals surface area contributed by atoms with Gasteiger partial charge in [0.25, 0.3) is 0 Å². The first kappa shape index (κ1) is 28.0. The molecule has 0 fully saturated rings. The van der Waals surface area contributed by atoms with Crippen LogP contribution < -0.4 is 19.5 Å². The van der Waals surface area contributed by atoms with Gasteiger partial charge in [0.2, 0.25) is 0 Å². The van der Waals surface area contributed by atoms with E-state index in [9.17, 15) is 9.59 Å². The molecule has 7 heteroatoms. The van der Waals surface area contributed by atoms with Crippen molar-refractivity contribution in [1.29, 1.82) is 0 Å². The maximum absolute atomic E-state index is 14.0. The molecule has 1 N–H and O–H groups in total. The van der Waals surface area contributed by atoms with E-state index in [2.05, 4.69) is 5.32 Å². The van der Waals surface area contributed by atoms with Crippen molar-refractivity contribution in [1.82, 2.24) is 5.32 Å². The average molecular weight is 554 g/mol. The number of Topliss-reactive ketones (excluding diaryl/α,β-unsaturated/α-hetero) is 1. The Morgan fingerprint density at radius 3 is 2.32 bits per heavy atom. The molecule has 3 aromatic rings. The molecule has 3 aromatic carbocycles. The molecule has 2 atom stereocenters. The van der Waals surface area contributed by atoms with Crippen LogP contribution in [-0.4, -0.2) is 39.7 Å². The minimum Gasteiger partial charge on any atom is -0.497 e.